The Balaban J connectivity index is 1.78. The molecule has 0 saturated carbocycles. The van der Waals surface area contributed by atoms with Crippen LogP contribution >= 0.6 is 11.8 Å². The molecule has 7 nitrogen and oxygen atoms in total. The van der Waals surface area contributed by atoms with Gasteiger partial charge in [0.2, 0.25) is 5.91 Å². The number of carbonyl (C=O) groups is 1. The van der Waals surface area contributed by atoms with Crippen molar-refractivity contribution >= 4 is 28.6 Å². The van der Waals surface area contributed by atoms with Gasteiger partial charge in [-0.05, 0) is 51.1 Å². The van der Waals surface area contributed by atoms with Gasteiger partial charge in [-0.3, -0.25) is 15.0 Å². The minimum absolute atomic E-state index is 0.225. The second-order valence-corrected chi connectivity index (χ2v) is 6.98. The number of aromatic nitrogens is 4. The Kier molecular flexibility index (Phi) is 5.55. The Bertz CT molecular complexity index is 1050. The van der Waals surface area contributed by atoms with Gasteiger partial charge in [0.1, 0.15) is 5.82 Å². The van der Waals surface area contributed by atoms with Crippen molar-refractivity contribution in [3.63, 3.8) is 0 Å². The van der Waals surface area contributed by atoms with E-state index >= 15 is 0 Å². The highest BCUT2D eigenvalue weighted by atomic mass is 32.2. The largest absolute Gasteiger partial charge is 0.280 e. The first-order valence-electron chi connectivity index (χ1n) is 8.57. The van der Waals surface area contributed by atoms with E-state index in [0.29, 0.717) is 23.1 Å². The van der Waals surface area contributed by atoms with Gasteiger partial charge in [0.05, 0.1) is 10.9 Å². The first-order valence-corrected chi connectivity index (χ1v) is 9.79. The fraction of sp³-hybridized carbons (Fsp3) is 0.316. The lowest BCUT2D eigenvalue weighted by Crippen LogP contribution is -2.35. The first kappa shape index (κ1) is 19.0. The predicted molar refractivity (Wildman–Crippen MR) is 107 cm³/mol. The number of nitrogens with one attached hydrogen (secondary N) is 1. The van der Waals surface area contributed by atoms with Gasteiger partial charge in [0, 0.05) is 17.8 Å². The quantitative estimate of drug-likeness (QED) is 0.538. The maximum Gasteiger partial charge on any atom is 0.280 e. The zero-order valence-electron chi connectivity index (χ0n) is 15.7. The molecule has 1 aromatic carbocycles. The van der Waals surface area contributed by atoms with Crippen LogP contribution in [0.2, 0.25) is 0 Å². The van der Waals surface area contributed by atoms with Gasteiger partial charge in [0.15, 0.2) is 5.16 Å². The average molecular weight is 383 g/mol. The standard InChI is InChI=1S/C19H21N5O2S/c1-11-14(12(2)21-19(20-11)27-4)9-10-17(25)23-24-13(3)22-16-8-6-5-7-15(16)18(24)26/h5-8H,9-10H2,1-4H3,(H,23,25). The topological polar surface area (TPSA) is 89.8 Å². The summed E-state index contributed by atoms with van der Waals surface area (Å²) in [6.45, 7) is 5.53. The van der Waals surface area contributed by atoms with Crippen LogP contribution in [0.5, 0.6) is 0 Å². The fourth-order valence-corrected chi connectivity index (χ4v) is 3.41. The Hall–Kier alpha value is -2.74. The average Bonchev–Trinajstić information content (AvgIpc) is 2.64. The predicted octanol–water partition coefficient (Wildman–Crippen LogP) is 2.54. The van der Waals surface area contributed by atoms with E-state index in [9.17, 15) is 9.59 Å². The van der Waals surface area contributed by atoms with Gasteiger partial charge >= 0.3 is 0 Å². The van der Waals surface area contributed by atoms with Crippen molar-refractivity contribution in [2.45, 2.75) is 38.8 Å². The molecule has 2 aromatic heterocycles. The van der Waals surface area contributed by atoms with Crippen LogP contribution in [0.25, 0.3) is 10.9 Å². The van der Waals surface area contributed by atoms with E-state index in [-0.39, 0.29) is 17.9 Å². The Morgan fingerprint density at radius 3 is 2.44 bits per heavy atom. The van der Waals surface area contributed by atoms with Crippen LogP contribution in [0.3, 0.4) is 0 Å². The molecule has 0 radical (unpaired) electrons. The molecule has 0 aliphatic rings. The van der Waals surface area contributed by atoms with Crippen LogP contribution in [-0.4, -0.2) is 31.8 Å². The lowest BCUT2D eigenvalue weighted by molar-refractivity contribution is -0.117. The highest BCUT2D eigenvalue weighted by Crippen LogP contribution is 2.17. The third-order valence-corrected chi connectivity index (χ3v) is 4.91. The van der Waals surface area contributed by atoms with Crippen LogP contribution in [0.1, 0.15) is 29.2 Å². The zero-order chi connectivity index (χ0) is 19.6. The highest BCUT2D eigenvalue weighted by Gasteiger charge is 2.13. The van der Waals surface area contributed by atoms with Crippen LogP contribution < -0.4 is 11.0 Å². The number of rotatable bonds is 5. The number of carbonyl (C=O) groups excluding carboxylic acids is 1. The molecule has 140 valence electrons. The smallest absolute Gasteiger partial charge is 0.273 e. The SMILES string of the molecule is CSc1nc(C)c(CCC(=O)Nn2c(C)nc3ccccc3c2=O)c(C)n1. The fourth-order valence-electron chi connectivity index (χ4n) is 2.96. The normalized spacial score (nSPS) is 11.0. The van der Waals surface area contributed by atoms with Crippen molar-refractivity contribution in [2.75, 3.05) is 11.7 Å². The molecule has 0 aliphatic heterocycles. The van der Waals surface area contributed by atoms with Crippen LogP contribution in [-0.2, 0) is 11.2 Å². The molecule has 1 amide bonds. The summed E-state index contributed by atoms with van der Waals surface area (Å²) in [7, 11) is 0. The number of benzene rings is 1. The maximum atomic E-state index is 12.6. The molecule has 0 atom stereocenters. The number of amides is 1. The Labute approximate surface area is 161 Å². The number of para-hydroxylation sites is 1. The second-order valence-electron chi connectivity index (χ2n) is 6.21. The molecule has 0 fully saturated rings. The van der Waals surface area contributed by atoms with Gasteiger partial charge in [-0.2, -0.15) is 0 Å². The molecule has 0 aliphatic carbocycles. The number of hydrogen-bond donors (Lipinski definition) is 1. The molecule has 3 aromatic rings. The summed E-state index contributed by atoms with van der Waals surface area (Å²) in [5, 5.41) is 1.19. The number of thioether (sulfide) groups is 1. The molecule has 1 N–H and O–H groups in total. The number of hydrogen-bond acceptors (Lipinski definition) is 6. The van der Waals surface area contributed by atoms with Gasteiger partial charge in [0.25, 0.3) is 5.56 Å². The van der Waals surface area contributed by atoms with Gasteiger partial charge in [-0.1, -0.05) is 23.9 Å². The van der Waals surface area contributed by atoms with Crippen LogP contribution in [0.15, 0.2) is 34.2 Å². The molecule has 3 rings (SSSR count). The summed E-state index contributed by atoms with van der Waals surface area (Å²) in [5.41, 5.74) is 5.70. The van der Waals surface area contributed by atoms with Gasteiger partial charge in [-0.15, -0.1) is 0 Å². The van der Waals surface area contributed by atoms with Crippen molar-refractivity contribution in [1.82, 2.24) is 19.6 Å². The molecule has 8 heteroatoms. The summed E-state index contributed by atoms with van der Waals surface area (Å²) < 4.78 is 1.21. The monoisotopic (exact) mass is 383 g/mol. The lowest BCUT2D eigenvalue weighted by Gasteiger charge is -2.13. The highest BCUT2D eigenvalue weighted by molar-refractivity contribution is 7.98. The second kappa shape index (κ2) is 7.87. The molecule has 0 spiro atoms. The number of nitrogens with zero attached hydrogens (tertiary/aromatic N) is 4. The summed E-state index contributed by atoms with van der Waals surface area (Å²) in [4.78, 5) is 38.3. The molecule has 27 heavy (non-hydrogen) atoms. The molecule has 0 saturated heterocycles. The van der Waals surface area contributed by atoms with E-state index in [4.69, 9.17) is 0 Å². The van der Waals surface area contributed by atoms with E-state index in [0.717, 1.165) is 22.1 Å². The van der Waals surface area contributed by atoms with Gasteiger partial charge in [-0.25, -0.2) is 19.6 Å². The summed E-state index contributed by atoms with van der Waals surface area (Å²) in [6.07, 6.45) is 2.66. The van der Waals surface area contributed by atoms with E-state index in [1.54, 1.807) is 25.1 Å². The minimum Gasteiger partial charge on any atom is -0.273 e. The molecular weight excluding hydrogens is 362 g/mol. The third-order valence-electron chi connectivity index (χ3n) is 4.36. The van der Waals surface area contributed by atoms with Crippen molar-refractivity contribution in [1.29, 1.82) is 0 Å². The Morgan fingerprint density at radius 1 is 1.11 bits per heavy atom. The van der Waals surface area contributed by atoms with Crippen molar-refractivity contribution < 1.29 is 4.79 Å². The van der Waals surface area contributed by atoms with Gasteiger partial charge < -0.3 is 0 Å². The minimum atomic E-state index is -0.286. The third kappa shape index (κ3) is 4.00. The summed E-state index contributed by atoms with van der Waals surface area (Å²) in [5.74, 6) is 0.178. The molecule has 0 unspecified atom stereocenters. The number of fused-ring (bicyclic) bond motifs is 1. The summed E-state index contributed by atoms with van der Waals surface area (Å²) in [6, 6.07) is 7.08. The van der Waals surface area contributed by atoms with Crippen LogP contribution in [0, 0.1) is 20.8 Å². The zero-order valence-corrected chi connectivity index (χ0v) is 16.6. The first-order chi connectivity index (χ1) is 12.9. The van der Waals surface area contributed by atoms with Crippen molar-refractivity contribution in [3.05, 3.63) is 57.4 Å². The molecule has 0 bridgehead atoms. The van der Waals surface area contributed by atoms with E-state index in [1.165, 1.54) is 16.4 Å². The molecular formula is C19H21N5O2S. The summed E-state index contributed by atoms with van der Waals surface area (Å²) >= 11 is 1.49. The van der Waals surface area contributed by atoms with Crippen molar-refractivity contribution in [3.8, 4) is 0 Å². The van der Waals surface area contributed by atoms with Crippen molar-refractivity contribution in [2.24, 2.45) is 0 Å². The van der Waals surface area contributed by atoms with E-state index in [1.807, 2.05) is 26.2 Å². The Morgan fingerprint density at radius 2 is 1.78 bits per heavy atom. The van der Waals surface area contributed by atoms with E-state index in [2.05, 4.69) is 20.4 Å². The van der Waals surface area contributed by atoms with Crippen LogP contribution in [0.4, 0.5) is 0 Å². The number of aryl methyl sites for hydroxylation is 3. The lowest BCUT2D eigenvalue weighted by atomic mass is 10.1. The molecule has 2 heterocycles. The van der Waals surface area contributed by atoms with E-state index < -0.39 is 0 Å². The maximum absolute atomic E-state index is 12.6.